The maximum atomic E-state index is 14.6. The summed E-state index contributed by atoms with van der Waals surface area (Å²) in [6, 6.07) is 0. The van der Waals surface area contributed by atoms with Gasteiger partial charge >= 0.3 is 25.5 Å². The molecule has 85 heavy (non-hydrogen) atoms. The van der Waals surface area contributed by atoms with E-state index in [1.165, 1.54) is 53.0 Å². The highest BCUT2D eigenvalue weighted by atomic mass is 35.5. The number of nitrogens with two attached hydrogens (primary N) is 2. The monoisotopic (exact) mass is 1280 g/mol. The summed E-state index contributed by atoms with van der Waals surface area (Å²) in [6.07, 6.45) is 3.90. The third kappa shape index (κ3) is 22.4. The number of halogens is 7. The molecule has 3 aliphatic carbocycles. The van der Waals surface area contributed by atoms with Crippen molar-refractivity contribution in [2.24, 2.45) is 17.8 Å². The number of hydrogen-bond donors (Lipinski definition) is 7. The Morgan fingerprint density at radius 3 is 1.24 bits per heavy atom. The van der Waals surface area contributed by atoms with E-state index in [-0.39, 0.29) is 120 Å². The molecule has 0 amide bonds. The summed E-state index contributed by atoms with van der Waals surface area (Å²) in [5.41, 5.74) is 9.36. The molecule has 0 aromatic carbocycles. The predicted octanol–water partition coefficient (Wildman–Crippen LogP) is 8.26. The van der Waals surface area contributed by atoms with Crippen LogP contribution in [-0.2, 0) is 60.3 Å². The number of nitrogens with one attached hydrogen (secondary N) is 3. The number of rotatable bonds is 24. The van der Waals surface area contributed by atoms with Crippen LogP contribution in [0.4, 0.5) is 38.0 Å². The molecule has 0 spiro atoms. The zero-order valence-electron chi connectivity index (χ0n) is 48.9. The van der Waals surface area contributed by atoms with Crippen molar-refractivity contribution in [1.82, 2.24) is 54.0 Å². The minimum atomic E-state index is -4.16. The van der Waals surface area contributed by atoms with Crippen LogP contribution < -0.4 is 26.5 Å². The van der Waals surface area contributed by atoms with E-state index in [1.54, 1.807) is 36.8 Å². The van der Waals surface area contributed by atoms with Gasteiger partial charge in [-0.25, -0.2) is 71.3 Å². The number of nitrogen functional groups attached to an aromatic ring is 2. The van der Waals surface area contributed by atoms with Gasteiger partial charge in [-0.3, -0.25) is 23.5 Å². The predicted molar refractivity (Wildman–Crippen MR) is 301 cm³/mol. The molecule has 4 heterocycles. The summed E-state index contributed by atoms with van der Waals surface area (Å²) in [5, 5.41) is 5.65. The van der Waals surface area contributed by atoms with Crippen LogP contribution in [0, 0.1) is 17.8 Å². The number of aromatic nitrogens is 8. The lowest BCUT2D eigenvalue weighted by molar-refractivity contribution is -0.153. The van der Waals surface area contributed by atoms with E-state index in [0.717, 1.165) is 0 Å². The smallest absolute Gasteiger partial charge is 0.350 e. The van der Waals surface area contributed by atoms with Gasteiger partial charge in [-0.05, 0) is 123 Å². The lowest BCUT2D eigenvalue weighted by Gasteiger charge is -2.36. The summed E-state index contributed by atoms with van der Waals surface area (Å²) < 4.78 is 136. The standard InChI is InChI=1S/C31H48F4N7O6P.C11H18ClF2NO2.C9H14N5O4P/c1-20(14-42-18-39-23-24(36)37-17-38-25(23)42)48-19-49(45,40-28(2,3)26(43)46-15-21-6-10-30(32,33)11-7-21)41-29(4,5)27(44)47-16-22-8-12-31(34,35)13-9-22;1-10(2,15-12)9(16)17-7-8-3-5-11(13,14)6-4-8;1-6(18-5-19(15,16)17)2-14-4-13-7-8(10)11-3-12-9(7)14/h17-18,20-22H,6-16,19H2,1-5H3,(H2,36,37,38)(H2,40,41,45);8,15H,3-7H2,1-2H3;3-4,6H,2,5H2,1H3,(H2,10,11,12)(H2,15,16,17)/t20-;;6-/m1.1/s1. The van der Waals surface area contributed by atoms with Crippen LogP contribution in [0.1, 0.15) is 132 Å². The molecule has 0 bridgehead atoms. The molecular weight excluding hydrogens is 1200 g/mol. The zero-order chi connectivity index (χ0) is 63.4. The number of nitrogens with zero attached hydrogens (tertiary/aromatic N) is 8. The molecule has 0 unspecified atom stereocenters. The Kier molecular flexibility index (Phi) is 24.6. The first-order chi connectivity index (χ1) is 39.3. The second-order valence-electron chi connectivity index (χ2n) is 23.7. The molecule has 480 valence electrons. The van der Waals surface area contributed by atoms with E-state index < -0.39 is 92.2 Å². The van der Waals surface area contributed by atoms with E-state index in [1.807, 2.05) is 0 Å². The fourth-order valence-corrected chi connectivity index (χ4v) is 12.4. The average Bonchev–Trinajstić information content (AvgIpc) is 3.43. The van der Waals surface area contributed by atoms with Crippen molar-refractivity contribution in [3.63, 3.8) is 0 Å². The molecule has 0 saturated heterocycles. The Labute approximate surface area is 493 Å². The van der Waals surface area contributed by atoms with Crippen molar-refractivity contribution >= 4 is 78.7 Å². The van der Waals surface area contributed by atoms with Crippen LogP contribution in [0.25, 0.3) is 22.3 Å². The van der Waals surface area contributed by atoms with E-state index in [0.29, 0.717) is 41.7 Å². The molecular formula is C51H80ClF6N13O12P2. The van der Waals surface area contributed by atoms with Gasteiger partial charge < -0.3 is 54.1 Å². The van der Waals surface area contributed by atoms with Gasteiger partial charge in [0.25, 0.3) is 0 Å². The maximum Gasteiger partial charge on any atom is 0.350 e. The summed E-state index contributed by atoms with van der Waals surface area (Å²) >= 11 is 5.40. The van der Waals surface area contributed by atoms with Crippen LogP contribution in [0.2, 0.25) is 0 Å². The maximum absolute atomic E-state index is 14.6. The molecule has 2 atom stereocenters. The quantitative estimate of drug-likeness (QED) is 0.0114. The Bertz CT molecular complexity index is 2880. The Hall–Kier alpha value is -4.84. The van der Waals surface area contributed by atoms with Gasteiger partial charge in [0.05, 0.1) is 57.8 Å². The molecule has 9 N–H and O–H groups in total. The van der Waals surface area contributed by atoms with Crippen molar-refractivity contribution in [1.29, 1.82) is 0 Å². The van der Waals surface area contributed by atoms with E-state index in [4.69, 9.17) is 56.7 Å². The highest BCUT2D eigenvalue weighted by molar-refractivity contribution is 7.59. The SMILES string of the molecule is CC(C)(NCl)C(=O)OCC1CCC(F)(F)CC1.C[C@H](Cn1cnc2c(N)ncnc21)OCP(=O)(NC(C)(C)C(=O)OCC1CCC(F)(F)CC1)NC(C)(C)C(=O)OCC1CCC(F)(F)CC1.C[C@H](Cn1cnc2c(N)ncnc21)OCP(=O)(O)O. The van der Waals surface area contributed by atoms with Gasteiger partial charge in [-0.2, -0.15) is 0 Å². The van der Waals surface area contributed by atoms with Crippen molar-refractivity contribution in [3.8, 4) is 0 Å². The van der Waals surface area contributed by atoms with Crippen molar-refractivity contribution in [2.75, 3.05) is 44.0 Å². The Morgan fingerprint density at radius 1 is 0.600 bits per heavy atom. The third-order valence-corrected chi connectivity index (χ3v) is 17.7. The first-order valence-corrected chi connectivity index (χ1v) is 31.7. The average molecular weight is 1280 g/mol. The van der Waals surface area contributed by atoms with E-state index in [9.17, 15) is 49.9 Å². The minimum absolute atomic E-state index is 0.0321. The summed E-state index contributed by atoms with van der Waals surface area (Å²) in [4.78, 5) is 82.1. The summed E-state index contributed by atoms with van der Waals surface area (Å²) in [6.45, 7) is 13.1. The number of carbonyl (C=O) groups excluding carboxylic acids is 3. The van der Waals surface area contributed by atoms with Gasteiger partial charge in [-0.1, -0.05) is 0 Å². The lowest BCUT2D eigenvalue weighted by atomic mass is 9.87. The van der Waals surface area contributed by atoms with Gasteiger partial charge in [-0.15, -0.1) is 0 Å². The molecule has 7 rings (SSSR count). The summed E-state index contributed by atoms with van der Waals surface area (Å²) in [5.74, 6) is -9.91. The number of anilines is 2. The zero-order valence-corrected chi connectivity index (χ0v) is 51.4. The largest absolute Gasteiger partial charge is 0.464 e. The number of carbonyl (C=O) groups is 3. The molecule has 4 aromatic rings. The number of hydrogen-bond acceptors (Lipinski definition) is 19. The molecule has 3 aliphatic rings. The first kappa shape index (κ1) is 70.9. The number of ether oxygens (including phenoxy) is 5. The van der Waals surface area contributed by atoms with Crippen molar-refractivity contribution < 1.29 is 83.3 Å². The van der Waals surface area contributed by atoms with Gasteiger partial charge in [0.2, 0.25) is 25.2 Å². The second-order valence-corrected chi connectivity index (χ2v) is 27.6. The van der Waals surface area contributed by atoms with Gasteiger partial charge in [0.15, 0.2) is 22.9 Å². The van der Waals surface area contributed by atoms with Gasteiger partial charge in [0, 0.05) is 38.5 Å². The van der Waals surface area contributed by atoms with Gasteiger partial charge in [0.1, 0.15) is 53.0 Å². The Morgan fingerprint density at radius 2 is 0.918 bits per heavy atom. The van der Waals surface area contributed by atoms with E-state index in [2.05, 4.69) is 44.9 Å². The first-order valence-electron chi connectivity index (χ1n) is 27.6. The third-order valence-electron chi connectivity index (χ3n) is 14.4. The molecule has 0 radical (unpaired) electrons. The highest BCUT2D eigenvalue weighted by Crippen LogP contribution is 2.44. The highest BCUT2D eigenvalue weighted by Gasteiger charge is 2.45. The van der Waals surface area contributed by atoms with Crippen molar-refractivity contribution in [3.05, 3.63) is 25.3 Å². The topological polar surface area (TPSA) is 347 Å². The van der Waals surface area contributed by atoms with Crippen LogP contribution in [0.3, 0.4) is 0 Å². The fraction of sp³-hybridized carbons (Fsp3) is 0.745. The number of alkyl halides is 6. The number of imidazole rings is 2. The minimum Gasteiger partial charge on any atom is -0.464 e. The second kappa shape index (κ2) is 29.4. The molecule has 3 fully saturated rings. The van der Waals surface area contributed by atoms with Crippen LogP contribution >= 0.6 is 26.8 Å². The number of esters is 3. The van der Waals surface area contributed by atoms with Crippen molar-refractivity contribution in [2.45, 2.75) is 192 Å². The Balaban J connectivity index is 0.000000296. The molecule has 3 saturated carbocycles. The summed E-state index contributed by atoms with van der Waals surface area (Å²) in [7, 11) is -8.17. The fourth-order valence-electron chi connectivity index (χ4n) is 9.23. The molecule has 0 aliphatic heterocycles. The molecule has 4 aromatic heterocycles. The molecule has 25 nitrogen and oxygen atoms in total. The lowest BCUT2D eigenvalue weighted by Crippen LogP contribution is -2.54. The van der Waals surface area contributed by atoms with Crippen LogP contribution in [-0.4, -0.2) is 146 Å². The van der Waals surface area contributed by atoms with Crippen LogP contribution in [0.15, 0.2) is 25.3 Å². The molecule has 34 heteroatoms. The van der Waals surface area contributed by atoms with Crippen LogP contribution in [0.5, 0.6) is 0 Å². The van der Waals surface area contributed by atoms with E-state index >= 15 is 0 Å². The number of fused-ring (bicyclic) bond motifs is 2. The normalized spacial score (nSPS) is 18.8.